The Balaban J connectivity index is 3.82. The van der Waals surface area contributed by atoms with Gasteiger partial charge in [-0.3, -0.25) is 4.79 Å². The highest BCUT2D eigenvalue weighted by Gasteiger charge is 2.19. The molecule has 5 nitrogen and oxygen atoms in total. The molecule has 90 valence electrons. The maximum atomic E-state index is 11.5. The predicted octanol–water partition coefficient (Wildman–Crippen LogP) is -0.109. The van der Waals surface area contributed by atoms with Gasteiger partial charge in [-0.1, -0.05) is 0 Å². The summed E-state index contributed by atoms with van der Waals surface area (Å²) in [6.45, 7) is 4.73. The molecule has 5 heteroatoms. The van der Waals surface area contributed by atoms with Gasteiger partial charge in [0.05, 0.1) is 11.6 Å². The summed E-state index contributed by atoms with van der Waals surface area (Å²) in [5.74, 6) is -0.169. The van der Waals surface area contributed by atoms with Crippen LogP contribution in [0.5, 0.6) is 0 Å². The lowest BCUT2D eigenvalue weighted by molar-refractivity contribution is -0.124. The van der Waals surface area contributed by atoms with E-state index in [2.05, 4.69) is 5.32 Å². The van der Waals surface area contributed by atoms with Crippen LogP contribution in [0.25, 0.3) is 0 Å². The van der Waals surface area contributed by atoms with E-state index < -0.39 is 6.04 Å². The predicted molar refractivity (Wildman–Crippen MR) is 58.6 cm³/mol. The Hall–Kier alpha value is -0.650. The maximum Gasteiger partial charge on any atom is 0.237 e. The largest absolute Gasteiger partial charge is 0.385 e. The first-order valence-corrected chi connectivity index (χ1v) is 5.00. The second kappa shape index (κ2) is 6.76. The first-order chi connectivity index (χ1) is 6.93. The van der Waals surface area contributed by atoms with Crippen molar-refractivity contribution < 1.29 is 14.3 Å². The van der Waals surface area contributed by atoms with Crippen LogP contribution in [0.15, 0.2) is 0 Å². The van der Waals surface area contributed by atoms with Crippen molar-refractivity contribution in [2.45, 2.75) is 31.9 Å². The average molecular weight is 218 g/mol. The number of rotatable bonds is 7. The number of hydrogen-bond donors (Lipinski definition) is 2. The molecule has 0 saturated heterocycles. The van der Waals surface area contributed by atoms with Crippen molar-refractivity contribution in [3.05, 3.63) is 0 Å². The van der Waals surface area contributed by atoms with Gasteiger partial charge in [-0.25, -0.2) is 0 Å². The number of carbonyl (C=O) groups is 1. The van der Waals surface area contributed by atoms with Gasteiger partial charge in [0.15, 0.2) is 0 Å². The maximum absolute atomic E-state index is 11.5. The van der Waals surface area contributed by atoms with Crippen LogP contribution in [-0.2, 0) is 14.3 Å². The molecule has 0 aliphatic carbocycles. The lowest BCUT2D eigenvalue weighted by Gasteiger charge is -2.24. The summed E-state index contributed by atoms with van der Waals surface area (Å²) in [7, 11) is 3.19. The molecule has 0 spiro atoms. The fourth-order valence-electron chi connectivity index (χ4n) is 0.879. The van der Waals surface area contributed by atoms with Gasteiger partial charge in [-0.2, -0.15) is 0 Å². The quantitative estimate of drug-likeness (QED) is 0.625. The van der Waals surface area contributed by atoms with Crippen LogP contribution in [0.1, 0.15) is 20.3 Å². The highest BCUT2D eigenvalue weighted by atomic mass is 16.5. The van der Waals surface area contributed by atoms with Gasteiger partial charge in [0.1, 0.15) is 0 Å². The molecule has 0 aromatic rings. The van der Waals surface area contributed by atoms with Gasteiger partial charge in [0.2, 0.25) is 5.91 Å². The van der Waals surface area contributed by atoms with Crippen LogP contribution < -0.4 is 11.1 Å². The molecule has 0 aromatic carbocycles. The Morgan fingerprint density at radius 2 is 2.07 bits per heavy atom. The monoisotopic (exact) mass is 218 g/mol. The van der Waals surface area contributed by atoms with Gasteiger partial charge < -0.3 is 20.5 Å². The number of nitrogens with two attached hydrogens (primary N) is 1. The summed E-state index contributed by atoms with van der Waals surface area (Å²) in [5, 5.41) is 2.74. The van der Waals surface area contributed by atoms with E-state index in [0.717, 1.165) is 0 Å². The Kier molecular flexibility index (Phi) is 6.47. The van der Waals surface area contributed by atoms with Crippen LogP contribution >= 0.6 is 0 Å². The minimum absolute atomic E-state index is 0.169. The molecule has 3 N–H and O–H groups in total. The van der Waals surface area contributed by atoms with E-state index in [1.54, 1.807) is 14.2 Å². The summed E-state index contributed by atoms with van der Waals surface area (Å²) < 4.78 is 10.0. The molecule has 0 heterocycles. The number of methoxy groups -OCH3 is 2. The third-order valence-electron chi connectivity index (χ3n) is 2.21. The molecule has 1 atom stereocenters. The highest BCUT2D eigenvalue weighted by Crippen LogP contribution is 2.04. The minimum atomic E-state index is -0.516. The zero-order valence-electron chi connectivity index (χ0n) is 10.0. The van der Waals surface area contributed by atoms with Crippen molar-refractivity contribution in [3.63, 3.8) is 0 Å². The third-order valence-corrected chi connectivity index (χ3v) is 2.21. The lowest BCUT2D eigenvalue weighted by atomic mass is 10.1. The van der Waals surface area contributed by atoms with Crippen molar-refractivity contribution in [2.24, 2.45) is 5.73 Å². The minimum Gasteiger partial charge on any atom is -0.385 e. The van der Waals surface area contributed by atoms with E-state index in [9.17, 15) is 4.79 Å². The van der Waals surface area contributed by atoms with E-state index >= 15 is 0 Å². The second-order valence-electron chi connectivity index (χ2n) is 4.07. The van der Waals surface area contributed by atoms with E-state index in [1.807, 2.05) is 13.8 Å². The molecule has 1 amide bonds. The molecule has 15 heavy (non-hydrogen) atoms. The van der Waals surface area contributed by atoms with Gasteiger partial charge in [0, 0.05) is 27.4 Å². The van der Waals surface area contributed by atoms with E-state index in [4.69, 9.17) is 15.2 Å². The topological polar surface area (TPSA) is 73.6 Å². The molecule has 0 fully saturated rings. The molecule has 0 bridgehead atoms. The molecule has 0 rings (SSSR count). The van der Waals surface area contributed by atoms with E-state index in [0.29, 0.717) is 19.6 Å². The Morgan fingerprint density at radius 1 is 1.47 bits per heavy atom. The number of amides is 1. The first-order valence-electron chi connectivity index (χ1n) is 5.00. The normalized spacial score (nSPS) is 13.7. The summed E-state index contributed by atoms with van der Waals surface area (Å²) in [4.78, 5) is 11.5. The summed E-state index contributed by atoms with van der Waals surface area (Å²) >= 11 is 0. The van der Waals surface area contributed by atoms with Crippen molar-refractivity contribution >= 4 is 5.91 Å². The number of ether oxygens (including phenoxy) is 2. The average Bonchev–Trinajstić information content (AvgIpc) is 2.22. The van der Waals surface area contributed by atoms with Gasteiger partial charge in [-0.05, 0) is 20.3 Å². The SMILES string of the molecule is COCCC(N)C(=O)NCC(C)(C)OC. The van der Waals surface area contributed by atoms with Crippen LogP contribution in [0.4, 0.5) is 0 Å². The standard InChI is InChI=1S/C10H22N2O3/c1-10(2,15-4)7-12-9(13)8(11)5-6-14-3/h8H,5-7,11H2,1-4H3,(H,12,13). The smallest absolute Gasteiger partial charge is 0.237 e. The molecule has 0 aliphatic rings. The zero-order valence-corrected chi connectivity index (χ0v) is 10.0. The lowest BCUT2D eigenvalue weighted by Crippen LogP contribution is -2.47. The van der Waals surface area contributed by atoms with Gasteiger partial charge >= 0.3 is 0 Å². The second-order valence-corrected chi connectivity index (χ2v) is 4.07. The summed E-state index contributed by atoms with van der Waals surface area (Å²) in [5.41, 5.74) is 5.28. The molecule has 0 aromatic heterocycles. The number of hydrogen-bond acceptors (Lipinski definition) is 4. The Morgan fingerprint density at radius 3 is 2.53 bits per heavy atom. The van der Waals surface area contributed by atoms with Crippen LogP contribution in [0, 0.1) is 0 Å². The van der Waals surface area contributed by atoms with Crippen molar-refractivity contribution in [1.29, 1.82) is 0 Å². The summed E-state index contributed by atoms with van der Waals surface area (Å²) in [6.07, 6.45) is 0.524. The zero-order chi connectivity index (χ0) is 11.9. The number of nitrogens with one attached hydrogen (secondary N) is 1. The van der Waals surface area contributed by atoms with Crippen molar-refractivity contribution in [3.8, 4) is 0 Å². The molecular formula is C10H22N2O3. The summed E-state index contributed by atoms with van der Waals surface area (Å²) in [6, 6.07) is -0.516. The van der Waals surface area contributed by atoms with E-state index in [-0.39, 0.29) is 11.5 Å². The Labute approximate surface area is 91.3 Å². The van der Waals surface area contributed by atoms with Crippen LogP contribution in [0.3, 0.4) is 0 Å². The highest BCUT2D eigenvalue weighted by molar-refractivity contribution is 5.81. The third kappa shape index (κ3) is 6.43. The molecule has 0 saturated carbocycles. The molecular weight excluding hydrogens is 196 g/mol. The molecule has 1 unspecified atom stereocenters. The van der Waals surface area contributed by atoms with Gasteiger partial charge in [0.25, 0.3) is 0 Å². The van der Waals surface area contributed by atoms with Crippen molar-refractivity contribution in [1.82, 2.24) is 5.32 Å². The fourth-order valence-corrected chi connectivity index (χ4v) is 0.879. The molecule has 0 aliphatic heterocycles. The Bertz CT molecular complexity index is 195. The van der Waals surface area contributed by atoms with Crippen LogP contribution in [0.2, 0.25) is 0 Å². The van der Waals surface area contributed by atoms with E-state index in [1.165, 1.54) is 0 Å². The van der Waals surface area contributed by atoms with Gasteiger partial charge in [-0.15, -0.1) is 0 Å². The number of carbonyl (C=O) groups excluding carboxylic acids is 1. The molecule has 0 radical (unpaired) electrons. The van der Waals surface area contributed by atoms with Crippen molar-refractivity contribution in [2.75, 3.05) is 27.4 Å². The fraction of sp³-hybridized carbons (Fsp3) is 0.900. The first kappa shape index (κ1) is 14.3. The van der Waals surface area contributed by atoms with Crippen LogP contribution in [-0.4, -0.2) is 44.9 Å².